The predicted molar refractivity (Wildman–Crippen MR) is 148 cm³/mol. The Morgan fingerprint density at radius 3 is 0.688 bits per heavy atom. The molecular formula is C24H48O4Si4. The highest BCUT2D eigenvalue weighted by molar-refractivity contribution is 6.96. The van der Waals surface area contributed by atoms with E-state index in [1.807, 2.05) is 24.3 Å². The largest absolute Gasteiger partial charge is 0.415 e. The first-order valence-electron chi connectivity index (χ1n) is 12.1. The molecule has 0 aromatic carbocycles. The van der Waals surface area contributed by atoms with E-state index in [4.69, 9.17) is 16.5 Å². The molecule has 0 aliphatic carbocycles. The number of allylic oxidation sites excluding steroid dienone is 4. The average Bonchev–Trinajstić information content (AvgIpc) is 2.66. The van der Waals surface area contributed by atoms with Gasteiger partial charge in [0.2, 0.25) is 0 Å². The van der Waals surface area contributed by atoms with Crippen LogP contribution in [0.5, 0.6) is 0 Å². The highest BCUT2D eigenvalue weighted by atomic mass is 28.5. The summed E-state index contributed by atoms with van der Waals surface area (Å²) in [4.78, 5) is 0. The molecule has 32 heavy (non-hydrogen) atoms. The average molecular weight is 513 g/mol. The minimum absolute atomic E-state index is 0.228. The van der Waals surface area contributed by atoms with Crippen LogP contribution < -0.4 is 0 Å². The van der Waals surface area contributed by atoms with Crippen molar-refractivity contribution in [3.8, 4) is 0 Å². The van der Waals surface area contributed by atoms with Gasteiger partial charge in [0.15, 0.2) is 0 Å². The van der Waals surface area contributed by atoms with Crippen molar-refractivity contribution in [1.29, 1.82) is 0 Å². The summed E-state index contributed by atoms with van der Waals surface area (Å²) in [6, 6.07) is 2.86. The molecule has 1 heterocycles. The Morgan fingerprint density at radius 1 is 0.438 bits per heavy atom. The van der Waals surface area contributed by atoms with Gasteiger partial charge in [0.25, 0.3) is 0 Å². The third-order valence-electron chi connectivity index (χ3n) is 6.62. The Balaban J connectivity index is 3.99. The molecule has 184 valence electrons. The lowest BCUT2D eigenvalue weighted by Crippen LogP contribution is -2.72. The molecule has 1 rings (SSSR count). The van der Waals surface area contributed by atoms with Crippen LogP contribution in [0.15, 0.2) is 50.6 Å². The van der Waals surface area contributed by atoms with Crippen LogP contribution in [0.4, 0.5) is 0 Å². The van der Waals surface area contributed by atoms with Crippen molar-refractivity contribution in [3.63, 3.8) is 0 Å². The Morgan fingerprint density at radius 2 is 0.594 bits per heavy atom. The van der Waals surface area contributed by atoms with Crippen molar-refractivity contribution in [2.75, 3.05) is 0 Å². The lowest BCUT2D eigenvalue weighted by molar-refractivity contribution is 0.196. The number of hydrogen-bond acceptors (Lipinski definition) is 4. The minimum Gasteiger partial charge on any atom is -0.415 e. The van der Waals surface area contributed by atoms with Gasteiger partial charge >= 0.3 is 34.2 Å². The second kappa shape index (κ2) is 11.9. The molecule has 0 radical (unpaired) electrons. The molecule has 1 aliphatic heterocycles. The van der Waals surface area contributed by atoms with E-state index in [1.165, 1.54) is 0 Å². The summed E-state index contributed by atoms with van der Waals surface area (Å²) in [5, 5.41) is 0. The van der Waals surface area contributed by atoms with E-state index in [9.17, 15) is 0 Å². The Hall–Kier alpha value is -0.332. The zero-order valence-electron chi connectivity index (χ0n) is 21.9. The Labute approximate surface area is 202 Å². The number of rotatable bonds is 12. The molecule has 0 atom stereocenters. The lowest BCUT2D eigenvalue weighted by atomic mass is 10.6. The Kier molecular flexibility index (Phi) is 11.0. The second-order valence-corrected chi connectivity index (χ2v) is 26.3. The predicted octanol–water partition coefficient (Wildman–Crippen LogP) is 8.22. The van der Waals surface area contributed by atoms with Crippen LogP contribution in [-0.4, -0.2) is 34.2 Å². The van der Waals surface area contributed by atoms with Crippen LogP contribution in [0, 0.1) is 0 Å². The summed E-state index contributed by atoms with van der Waals surface area (Å²) < 4.78 is 29.5. The second-order valence-electron chi connectivity index (χ2n) is 10.2. The lowest BCUT2D eigenvalue weighted by Gasteiger charge is -2.57. The molecule has 0 unspecified atom stereocenters. The SMILES string of the molecule is C=CC[Si]1(C(C)C)O[Si](CC=C)(C(C)C)O[Si](CC=C)(C(C)C)O[Si](CC=C)(C(C)C)O1. The molecular weight excluding hydrogens is 465 g/mol. The molecule has 0 spiro atoms. The van der Waals surface area contributed by atoms with Gasteiger partial charge in [-0.05, 0) is 22.2 Å². The van der Waals surface area contributed by atoms with Crippen LogP contribution in [-0.2, 0) is 16.5 Å². The van der Waals surface area contributed by atoms with Crippen LogP contribution in [0.25, 0.3) is 0 Å². The molecule has 0 N–H and O–H groups in total. The van der Waals surface area contributed by atoms with Crippen molar-refractivity contribution in [2.24, 2.45) is 0 Å². The molecule has 8 heteroatoms. The van der Waals surface area contributed by atoms with Gasteiger partial charge in [0, 0.05) is 24.2 Å². The zero-order chi connectivity index (χ0) is 24.8. The summed E-state index contributed by atoms with van der Waals surface area (Å²) in [5.41, 5.74) is 0.912. The van der Waals surface area contributed by atoms with E-state index in [-0.39, 0.29) is 22.2 Å². The standard InChI is InChI=1S/C24H48O4Si4/c1-13-17-29(21(5)6)25-30(18-14-2,22(7)8)27-32(20-16-4,24(11)12)28-31(26-29,19-15-3)23(9)10/h13-16,21-24H,1-4,17-20H2,5-12H3. The molecule has 0 bridgehead atoms. The van der Waals surface area contributed by atoms with Gasteiger partial charge < -0.3 is 16.5 Å². The van der Waals surface area contributed by atoms with Gasteiger partial charge in [-0.1, -0.05) is 79.7 Å². The van der Waals surface area contributed by atoms with Crippen molar-refractivity contribution < 1.29 is 16.5 Å². The normalized spacial score (nSPS) is 33.9. The molecule has 1 fully saturated rings. The van der Waals surface area contributed by atoms with Crippen molar-refractivity contribution >= 4 is 34.2 Å². The quantitative estimate of drug-likeness (QED) is 0.195. The van der Waals surface area contributed by atoms with Gasteiger partial charge in [-0.3, -0.25) is 0 Å². The van der Waals surface area contributed by atoms with Crippen molar-refractivity contribution in [1.82, 2.24) is 0 Å². The van der Waals surface area contributed by atoms with Crippen LogP contribution in [0.1, 0.15) is 55.4 Å². The van der Waals surface area contributed by atoms with E-state index in [0.29, 0.717) is 24.2 Å². The molecule has 0 amide bonds. The Bertz CT molecular complexity index is 540. The van der Waals surface area contributed by atoms with E-state index in [1.54, 1.807) is 0 Å². The molecule has 1 aliphatic rings. The summed E-state index contributed by atoms with van der Waals surface area (Å²) >= 11 is 0. The summed E-state index contributed by atoms with van der Waals surface area (Å²) in [6.07, 6.45) is 7.86. The fourth-order valence-corrected chi connectivity index (χ4v) is 29.5. The third-order valence-corrected chi connectivity index (χ3v) is 28.1. The summed E-state index contributed by atoms with van der Waals surface area (Å²) in [6.45, 7) is 34.1. The van der Waals surface area contributed by atoms with E-state index in [0.717, 1.165) is 0 Å². The van der Waals surface area contributed by atoms with E-state index >= 15 is 0 Å². The van der Waals surface area contributed by atoms with Crippen LogP contribution in [0.3, 0.4) is 0 Å². The fourth-order valence-electron chi connectivity index (χ4n) is 4.28. The van der Waals surface area contributed by atoms with Crippen LogP contribution >= 0.6 is 0 Å². The maximum absolute atomic E-state index is 7.39. The highest BCUT2D eigenvalue weighted by Gasteiger charge is 2.64. The molecule has 1 saturated heterocycles. The first-order valence-corrected chi connectivity index (χ1v) is 20.5. The van der Waals surface area contributed by atoms with Gasteiger partial charge in [-0.25, -0.2) is 0 Å². The smallest absolute Gasteiger partial charge is 0.327 e. The van der Waals surface area contributed by atoms with Crippen LogP contribution in [0.2, 0.25) is 46.3 Å². The molecule has 0 aromatic heterocycles. The first-order chi connectivity index (χ1) is 14.8. The number of hydrogen-bond donors (Lipinski definition) is 0. The summed E-state index contributed by atoms with van der Waals surface area (Å²) in [7, 11) is -11.1. The van der Waals surface area contributed by atoms with Gasteiger partial charge in [-0.15, -0.1) is 26.3 Å². The third kappa shape index (κ3) is 6.01. The fraction of sp³-hybridized carbons (Fsp3) is 0.667. The first kappa shape index (κ1) is 29.7. The van der Waals surface area contributed by atoms with Crippen molar-refractivity contribution in [3.05, 3.63) is 50.6 Å². The molecule has 4 nitrogen and oxygen atoms in total. The minimum atomic E-state index is -2.78. The van der Waals surface area contributed by atoms with E-state index < -0.39 is 34.2 Å². The monoisotopic (exact) mass is 512 g/mol. The zero-order valence-corrected chi connectivity index (χ0v) is 25.9. The summed E-state index contributed by atoms with van der Waals surface area (Å²) in [5.74, 6) is 0. The van der Waals surface area contributed by atoms with Gasteiger partial charge in [0.1, 0.15) is 0 Å². The maximum Gasteiger partial charge on any atom is 0.327 e. The topological polar surface area (TPSA) is 36.9 Å². The molecule has 0 saturated carbocycles. The van der Waals surface area contributed by atoms with Crippen molar-refractivity contribution in [2.45, 2.75) is 102 Å². The highest BCUT2D eigenvalue weighted by Crippen LogP contribution is 2.49. The maximum atomic E-state index is 7.39. The van der Waals surface area contributed by atoms with Gasteiger partial charge in [0.05, 0.1) is 0 Å². The molecule has 0 aromatic rings. The van der Waals surface area contributed by atoms with E-state index in [2.05, 4.69) is 81.7 Å². The van der Waals surface area contributed by atoms with Gasteiger partial charge in [-0.2, -0.15) is 0 Å².